The first-order chi connectivity index (χ1) is 16.6. The Kier molecular flexibility index (Phi) is 5.26. The summed E-state index contributed by atoms with van der Waals surface area (Å²) in [5, 5.41) is 2.93. The number of nitrogens with zero attached hydrogens (tertiary/aromatic N) is 2. The molecule has 0 saturated heterocycles. The largest absolute Gasteiger partial charge is 0.419 e. The topological polar surface area (TPSA) is 68.4 Å². The molecule has 0 aliphatic carbocycles. The second kappa shape index (κ2) is 8.07. The SMILES string of the molecule is O=C1c2cc(C(F)(F)F)c(F)cc2N2CN1c1ccc(=O)[nH]c1NCCCc1c2ccc(F)c1F. The van der Waals surface area contributed by atoms with Gasteiger partial charge in [0.1, 0.15) is 18.3 Å². The molecule has 2 aliphatic heterocycles. The van der Waals surface area contributed by atoms with Gasteiger partial charge in [0.05, 0.1) is 22.5 Å². The molecule has 1 amide bonds. The number of aromatic nitrogens is 1. The first-order valence-electron chi connectivity index (χ1n) is 10.5. The van der Waals surface area contributed by atoms with Gasteiger partial charge in [-0.05, 0) is 43.2 Å². The quantitative estimate of drug-likeness (QED) is 0.436. The molecule has 12 heteroatoms. The lowest BCUT2D eigenvalue weighted by Crippen LogP contribution is -2.46. The molecular formula is C23H16F6N4O2. The maximum absolute atomic E-state index is 14.9. The second-order valence-corrected chi connectivity index (χ2v) is 8.12. The number of carbonyl (C=O) groups excluding carboxylic acids is 1. The van der Waals surface area contributed by atoms with Crippen LogP contribution in [0.1, 0.15) is 27.9 Å². The molecule has 1 aromatic heterocycles. The van der Waals surface area contributed by atoms with Crippen molar-refractivity contribution in [3.05, 3.63) is 80.9 Å². The molecule has 182 valence electrons. The summed E-state index contributed by atoms with van der Waals surface area (Å²) < 4.78 is 83.9. The molecule has 3 heterocycles. The van der Waals surface area contributed by atoms with Gasteiger partial charge in [0, 0.05) is 23.9 Å². The van der Waals surface area contributed by atoms with Crippen LogP contribution in [0.2, 0.25) is 0 Å². The van der Waals surface area contributed by atoms with Crippen LogP contribution in [0.5, 0.6) is 0 Å². The van der Waals surface area contributed by atoms with Crippen LogP contribution < -0.4 is 20.7 Å². The van der Waals surface area contributed by atoms with Crippen molar-refractivity contribution in [3.63, 3.8) is 0 Å². The Morgan fingerprint density at radius 1 is 0.857 bits per heavy atom. The van der Waals surface area contributed by atoms with Crippen LogP contribution in [-0.4, -0.2) is 24.1 Å². The number of hydrogen-bond acceptors (Lipinski definition) is 4. The van der Waals surface area contributed by atoms with Crippen LogP contribution in [-0.2, 0) is 12.6 Å². The van der Waals surface area contributed by atoms with Crippen molar-refractivity contribution < 1.29 is 31.1 Å². The van der Waals surface area contributed by atoms with Crippen molar-refractivity contribution in [1.29, 1.82) is 0 Å². The van der Waals surface area contributed by atoms with Gasteiger partial charge in [0.2, 0.25) is 5.56 Å². The lowest BCUT2D eigenvalue weighted by molar-refractivity contribution is -0.140. The highest BCUT2D eigenvalue weighted by molar-refractivity contribution is 6.13. The van der Waals surface area contributed by atoms with E-state index in [0.717, 1.165) is 17.0 Å². The van der Waals surface area contributed by atoms with Crippen molar-refractivity contribution in [2.45, 2.75) is 19.0 Å². The van der Waals surface area contributed by atoms with Crippen LogP contribution in [0.4, 0.5) is 49.2 Å². The van der Waals surface area contributed by atoms with Crippen molar-refractivity contribution >= 4 is 28.8 Å². The van der Waals surface area contributed by atoms with E-state index in [-0.39, 0.29) is 54.5 Å². The fourth-order valence-corrected chi connectivity index (χ4v) is 4.37. The number of amides is 1. The Balaban J connectivity index is 1.81. The third-order valence-corrected chi connectivity index (χ3v) is 6.00. The highest BCUT2D eigenvalue weighted by atomic mass is 19.4. The zero-order valence-electron chi connectivity index (χ0n) is 17.8. The number of anilines is 4. The molecule has 0 unspecified atom stereocenters. The van der Waals surface area contributed by atoms with E-state index in [4.69, 9.17) is 0 Å². The molecule has 0 saturated carbocycles. The van der Waals surface area contributed by atoms with E-state index in [2.05, 4.69) is 10.3 Å². The Labute approximate surface area is 193 Å². The van der Waals surface area contributed by atoms with Gasteiger partial charge >= 0.3 is 6.18 Å². The molecule has 3 aromatic rings. The maximum Gasteiger partial charge on any atom is 0.419 e. The van der Waals surface area contributed by atoms with E-state index in [1.54, 1.807) is 0 Å². The van der Waals surface area contributed by atoms with Gasteiger partial charge in [0.25, 0.3) is 5.91 Å². The van der Waals surface area contributed by atoms with E-state index in [9.17, 15) is 35.9 Å². The van der Waals surface area contributed by atoms with Gasteiger partial charge in [-0.15, -0.1) is 0 Å². The summed E-state index contributed by atoms with van der Waals surface area (Å²) in [6.07, 6.45) is -4.78. The highest BCUT2D eigenvalue weighted by Gasteiger charge is 2.40. The number of nitrogens with one attached hydrogen (secondary N) is 2. The minimum atomic E-state index is -5.08. The first-order valence-corrected chi connectivity index (χ1v) is 10.5. The summed E-state index contributed by atoms with van der Waals surface area (Å²) in [6, 6.07) is 5.54. The van der Waals surface area contributed by atoms with E-state index < -0.39 is 46.2 Å². The Hall–Kier alpha value is -3.96. The standard InChI is InChI=1S/C23H16F6N4O2/c24-14-3-4-16-11(20(14)26)2-1-7-30-21-17(5-6-19(34)31-21)33-10-32(16)18-9-15(25)13(23(27,28)29)8-12(18)22(33)35/h3-6,8-9H,1-2,7,10H2,(H2,30,31,34). The second-order valence-electron chi connectivity index (χ2n) is 8.12. The lowest BCUT2D eigenvalue weighted by Gasteiger charge is -2.39. The molecule has 5 rings (SSSR count). The van der Waals surface area contributed by atoms with Crippen LogP contribution in [0.25, 0.3) is 0 Å². The molecule has 2 N–H and O–H groups in total. The van der Waals surface area contributed by atoms with Crippen LogP contribution in [0, 0.1) is 17.5 Å². The number of aromatic amines is 1. The van der Waals surface area contributed by atoms with Crippen LogP contribution in [0.3, 0.4) is 0 Å². The van der Waals surface area contributed by atoms with Gasteiger partial charge in [-0.2, -0.15) is 13.2 Å². The predicted octanol–water partition coefficient (Wildman–Crippen LogP) is 4.93. The van der Waals surface area contributed by atoms with Gasteiger partial charge in [-0.1, -0.05) is 0 Å². The normalized spacial score (nSPS) is 15.5. The summed E-state index contributed by atoms with van der Waals surface area (Å²) in [5.41, 5.74) is -2.69. The average Bonchev–Trinajstić information content (AvgIpc) is 2.81. The minimum Gasteiger partial charge on any atom is -0.370 e. The molecule has 0 atom stereocenters. The Morgan fingerprint density at radius 2 is 1.60 bits per heavy atom. The number of pyridine rings is 1. The molecule has 35 heavy (non-hydrogen) atoms. The summed E-state index contributed by atoms with van der Waals surface area (Å²) in [6.45, 7) is -0.167. The van der Waals surface area contributed by atoms with Gasteiger partial charge in [-0.25, -0.2) is 13.2 Å². The number of hydrogen-bond donors (Lipinski definition) is 2. The average molecular weight is 494 g/mol. The van der Waals surface area contributed by atoms with Crippen LogP contribution >= 0.6 is 0 Å². The van der Waals surface area contributed by atoms with E-state index in [1.165, 1.54) is 17.0 Å². The van der Waals surface area contributed by atoms with E-state index in [0.29, 0.717) is 12.1 Å². The number of alkyl halides is 3. The number of halogens is 6. The maximum atomic E-state index is 14.9. The number of fused-ring (bicyclic) bond motifs is 8. The van der Waals surface area contributed by atoms with Crippen molar-refractivity contribution in [2.75, 3.05) is 28.3 Å². The van der Waals surface area contributed by atoms with Crippen molar-refractivity contribution in [2.24, 2.45) is 0 Å². The summed E-state index contributed by atoms with van der Waals surface area (Å²) in [4.78, 5) is 30.2. The number of H-pyrrole nitrogens is 1. The summed E-state index contributed by atoms with van der Waals surface area (Å²) in [5.74, 6) is -4.64. The number of benzene rings is 2. The van der Waals surface area contributed by atoms with Gasteiger partial charge in [0.15, 0.2) is 11.6 Å². The molecule has 2 aliphatic rings. The van der Waals surface area contributed by atoms with Crippen molar-refractivity contribution in [3.8, 4) is 0 Å². The third kappa shape index (κ3) is 3.78. The Bertz CT molecular complexity index is 1420. The van der Waals surface area contributed by atoms with E-state index in [1.807, 2.05) is 0 Å². The Morgan fingerprint density at radius 3 is 2.34 bits per heavy atom. The first kappa shape index (κ1) is 22.8. The number of carbonyl (C=O) groups is 1. The highest BCUT2D eigenvalue weighted by Crippen LogP contribution is 2.43. The summed E-state index contributed by atoms with van der Waals surface area (Å²) in [7, 11) is 0. The fourth-order valence-electron chi connectivity index (χ4n) is 4.37. The zero-order valence-corrected chi connectivity index (χ0v) is 17.8. The van der Waals surface area contributed by atoms with E-state index >= 15 is 0 Å². The fraction of sp³-hybridized carbons (Fsp3) is 0.217. The number of rotatable bonds is 0. The smallest absolute Gasteiger partial charge is 0.370 e. The van der Waals surface area contributed by atoms with Gasteiger partial charge in [-0.3, -0.25) is 14.5 Å². The molecular weight excluding hydrogens is 478 g/mol. The molecule has 0 radical (unpaired) electrons. The molecule has 2 bridgehead atoms. The third-order valence-electron chi connectivity index (χ3n) is 6.00. The van der Waals surface area contributed by atoms with Crippen LogP contribution in [0.15, 0.2) is 41.2 Å². The molecule has 2 aromatic carbocycles. The summed E-state index contributed by atoms with van der Waals surface area (Å²) >= 11 is 0. The molecule has 6 nitrogen and oxygen atoms in total. The predicted molar refractivity (Wildman–Crippen MR) is 115 cm³/mol. The minimum absolute atomic E-state index is 0.0151. The monoisotopic (exact) mass is 494 g/mol. The van der Waals surface area contributed by atoms with Gasteiger partial charge < -0.3 is 15.2 Å². The zero-order chi connectivity index (χ0) is 25.1. The van der Waals surface area contributed by atoms with Crippen molar-refractivity contribution in [1.82, 2.24) is 4.98 Å². The molecule has 0 spiro atoms. The lowest BCUT2D eigenvalue weighted by atomic mass is 10.00. The molecule has 0 fully saturated rings.